The second-order valence-corrected chi connectivity index (χ2v) is 5.40. The largest absolute Gasteiger partial charge is 0.508 e. The predicted octanol–water partition coefficient (Wildman–Crippen LogP) is 2.47. The Labute approximate surface area is 145 Å². The van der Waals surface area contributed by atoms with Crippen LogP contribution in [0.5, 0.6) is 11.5 Å². The summed E-state index contributed by atoms with van der Waals surface area (Å²) in [5.41, 5.74) is 8.48. The number of nitrogen functional groups attached to an aromatic ring is 1. The second kappa shape index (κ2) is 7.04. The van der Waals surface area contributed by atoms with Gasteiger partial charge in [-0.25, -0.2) is 9.97 Å². The Morgan fingerprint density at radius 2 is 2.04 bits per heavy atom. The van der Waals surface area contributed by atoms with Crippen LogP contribution in [0.4, 0.5) is 11.6 Å². The Balaban J connectivity index is 2.02. The van der Waals surface area contributed by atoms with Crippen LogP contribution in [0.25, 0.3) is 11.5 Å². The van der Waals surface area contributed by atoms with E-state index in [9.17, 15) is 5.11 Å². The number of aromatic nitrogens is 3. The Bertz CT molecular complexity index is 884. The van der Waals surface area contributed by atoms with Crippen LogP contribution < -0.4 is 15.8 Å². The van der Waals surface area contributed by atoms with Gasteiger partial charge < -0.3 is 20.9 Å². The van der Waals surface area contributed by atoms with Gasteiger partial charge in [0.25, 0.3) is 0 Å². The third-order valence-corrected chi connectivity index (χ3v) is 3.81. The minimum absolute atomic E-state index is 0.143. The molecule has 0 amide bonds. The first-order valence-corrected chi connectivity index (χ1v) is 7.73. The molecule has 0 fully saturated rings. The van der Waals surface area contributed by atoms with Crippen molar-refractivity contribution in [2.24, 2.45) is 0 Å². The molecule has 7 nitrogen and oxygen atoms in total. The molecule has 0 aliphatic carbocycles. The molecule has 1 aromatic carbocycles. The van der Waals surface area contributed by atoms with Crippen LogP contribution in [0.3, 0.4) is 0 Å². The van der Waals surface area contributed by atoms with E-state index < -0.39 is 0 Å². The van der Waals surface area contributed by atoms with Gasteiger partial charge in [-0.1, -0.05) is 12.1 Å². The molecule has 0 spiro atoms. The van der Waals surface area contributed by atoms with E-state index in [0.717, 1.165) is 11.1 Å². The van der Waals surface area contributed by atoms with Crippen molar-refractivity contribution in [1.82, 2.24) is 15.0 Å². The molecule has 0 radical (unpaired) electrons. The van der Waals surface area contributed by atoms with E-state index in [2.05, 4.69) is 20.3 Å². The van der Waals surface area contributed by atoms with Crippen molar-refractivity contribution in [2.45, 2.75) is 6.42 Å². The molecule has 0 unspecified atom stereocenters. The van der Waals surface area contributed by atoms with Crippen molar-refractivity contribution >= 4 is 11.6 Å². The molecule has 0 atom stereocenters. The molecule has 0 aliphatic heterocycles. The minimum atomic E-state index is 0.143. The highest BCUT2D eigenvalue weighted by atomic mass is 16.5. The lowest BCUT2D eigenvalue weighted by atomic mass is 10.0. The Kier molecular flexibility index (Phi) is 4.65. The van der Waals surface area contributed by atoms with Gasteiger partial charge in [-0.05, 0) is 23.8 Å². The number of anilines is 2. The van der Waals surface area contributed by atoms with E-state index in [0.29, 0.717) is 35.3 Å². The maximum Gasteiger partial charge on any atom is 0.182 e. The monoisotopic (exact) mass is 337 g/mol. The number of ether oxygens (including phenoxy) is 1. The first-order valence-electron chi connectivity index (χ1n) is 7.73. The summed E-state index contributed by atoms with van der Waals surface area (Å²) < 4.78 is 5.33. The normalized spacial score (nSPS) is 10.5. The van der Waals surface area contributed by atoms with Crippen molar-refractivity contribution in [3.63, 3.8) is 0 Å². The smallest absolute Gasteiger partial charge is 0.182 e. The molecular weight excluding hydrogens is 318 g/mol. The van der Waals surface area contributed by atoms with Crippen molar-refractivity contribution in [1.29, 1.82) is 0 Å². The molecule has 2 aromatic heterocycles. The number of phenols is 1. The number of aromatic hydroxyl groups is 1. The number of nitrogens with one attached hydrogen (secondary N) is 1. The zero-order valence-electron chi connectivity index (χ0n) is 14.0. The van der Waals surface area contributed by atoms with Crippen molar-refractivity contribution < 1.29 is 9.84 Å². The maximum atomic E-state index is 9.60. The number of hydrogen-bond donors (Lipinski definition) is 3. The summed E-state index contributed by atoms with van der Waals surface area (Å²) in [5.74, 6) is 2.18. The molecule has 0 saturated carbocycles. The predicted molar refractivity (Wildman–Crippen MR) is 96.7 cm³/mol. The number of methoxy groups -OCH3 is 1. The third-order valence-electron chi connectivity index (χ3n) is 3.81. The lowest BCUT2D eigenvalue weighted by Crippen LogP contribution is -2.09. The maximum absolute atomic E-state index is 9.60. The van der Waals surface area contributed by atoms with E-state index in [1.54, 1.807) is 38.6 Å². The van der Waals surface area contributed by atoms with Crippen LogP contribution >= 0.6 is 0 Å². The molecule has 4 N–H and O–H groups in total. The van der Waals surface area contributed by atoms with Crippen LogP contribution in [0.1, 0.15) is 11.1 Å². The van der Waals surface area contributed by atoms with Gasteiger partial charge >= 0.3 is 0 Å². The molecule has 0 aliphatic rings. The standard InChI is InChI=1S/C18H19N5O2/c1-20-17-13(9-11-6-7-12(24)10-15(11)25-2)16(19)22-18(23-17)14-5-3-4-8-21-14/h3-8,10,24H,9H2,1-2H3,(H3,19,20,22,23). The van der Waals surface area contributed by atoms with Gasteiger partial charge in [-0.2, -0.15) is 0 Å². The summed E-state index contributed by atoms with van der Waals surface area (Å²) >= 11 is 0. The van der Waals surface area contributed by atoms with E-state index in [1.165, 1.54) is 0 Å². The van der Waals surface area contributed by atoms with Crippen LogP contribution in [-0.4, -0.2) is 34.2 Å². The quantitative estimate of drug-likeness (QED) is 0.656. The molecule has 3 rings (SSSR count). The van der Waals surface area contributed by atoms with Crippen LogP contribution in [0, 0.1) is 0 Å². The highest BCUT2D eigenvalue weighted by Crippen LogP contribution is 2.30. The fourth-order valence-electron chi connectivity index (χ4n) is 2.56. The van der Waals surface area contributed by atoms with E-state index >= 15 is 0 Å². The molecule has 0 bridgehead atoms. The fraction of sp³-hybridized carbons (Fsp3) is 0.167. The molecule has 7 heteroatoms. The number of rotatable bonds is 5. The van der Waals surface area contributed by atoms with Crippen molar-refractivity contribution in [3.8, 4) is 23.0 Å². The SMILES string of the molecule is CNc1nc(-c2ccccn2)nc(N)c1Cc1ccc(O)cc1OC. The number of nitrogens with two attached hydrogens (primary N) is 1. The first-order chi connectivity index (χ1) is 12.1. The lowest BCUT2D eigenvalue weighted by molar-refractivity contribution is 0.403. The first kappa shape index (κ1) is 16.5. The number of pyridine rings is 1. The summed E-state index contributed by atoms with van der Waals surface area (Å²) in [4.78, 5) is 13.2. The zero-order chi connectivity index (χ0) is 17.8. The number of phenolic OH excluding ortho intramolecular Hbond substituents is 1. The van der Waals surface area contributed by atoms with Gasteiger partial charge in [0.2, 0.25) is 0 Å². The summed E-state index contributed by atoms with van der Waals surface area (Å²) in [5, 5.41) is 12.7. The summed E-state index contributed by atoms with van der Waals surface area (Å²) in [6, 6.07) is 10.5. The molecule has 2 heterocycles. The Morgan fingerprint density at radius 1 is 1.20 bits per heavy atom. The van der Waals surface area contributed by atoms with Gasteiger partial charge in [-0.15, -0.1) is 0 Å². The Morgan fingerprint density at radius 3 is 2.72 bits per heavy atom. The molecular formula is C18H19N5O2. The van der Waals surface area contributed by atoms with Gasteiger partial charge in [0.1, 0.15) is 28.8 Å². The molecule has 128 valence electrons. The average Bonchev–Trinajstić information content (AvgIpc) is 2.64. The average molecular weight is 337 g/mol. The van der Waals surface area contributed by atoms with Crippen molar-refractivity contribution in [3.05, 3.63) is 53.7 Å². The Hall–Kier alpha value is -3.35. The third kappa shape index (κ3) is 3.45. The molecule has 0 saturated heterocycles. The second-order valence-electron chi connectivity index (χ2n) is 5.40. The summed E-state index contributed by atoms with van der Waals surface area (Å²) in [6.07, 6.45) is 2.15. The van der Waals surface area contributed by atoms with Crippen LogP contribution in [0.2, 0.25) is 0 Å². The number of benzene rings is 1. The van der Waals surface area contributed by atoms with E-state index in [4.69, 9.17) is 10.5 Å². The zero-order valence-corrected chi connectivity index (χ0v) is 14.0. The van der Waals surface area contributed by atoms with Crippen molar-refractivity contribution in [2.75, 3.05) is 25.2 Å². The highest BCUT2D eigenvalue weighted by molar-refractivity contribution is 5.64. The highest BCUT2D eigenvalue weighted by Gasteiger charge is 2.16. The van der Waals surface area contributed by atoms with Crippen LogP contribution in [0.15, 0.2) is 42.6 Å². The molecule has 25 heavy (non-hydrogen) atoms. The van der Waals surface area contributed by atoms with Gasteiger partial charge in [-0.3, -0.25) is 4.98 Å². The van der Waals surface area contributed by atoms with E-state index in [-0.39, 0.29) is 5.75 Å². The number of nitrogens with zero attached hydrogens (tertiary/aromatic N) is 3. The van der Waals surface area contributed by atoms with Gasteiger partial charge in [0, 0.05) is 31.3 Å². The van der Waals surface area contributed by atoms with Crippen LogP contribution in [-0.2, 0) is 6.42 Å². The topological polar surface area (TPSA) is 106 Å². The van der Waals surface area contributed by atoms with Gasteiger partial charge in [0.15, 0.2) is 5.82 Å². The van der Waals surface area contributed by atoms with Gasteiger partial charge in [0.05, 0.1) is 7.11 Å². The van der Waals surface area contributed by atoms with E-state index in [1.807, 2.05) is 18.2 Å². The summed E-state index contributed by atoms with van der Waals surface area (Å²) in [7, 11) is 3.34. The lowest BCUT2D eigenvalue weighted by Gasteiger charge is -2.14. The minimum Gasteiger partial charge on any atom is -0.508 e. The fourth-order valence-corrected chi connectivity index (χ4v) is 2.56. The summed E-state index contributed by atoms with van der Waals surface area (Å²) in [6.45, 7) is 0. The molecule has 3 aromatic rings. The number of hydrogen-bond acceptors (Lipinski definition) is 7.